The van der Waals surface area contributed by atoms with E-state index in [2.05, 4.69) is 16.7 Å². The highest BCUT2D eigenvalue weighted by molar-refractivity contribution is 5.79. The molecule has 2 aliphatic heterocycles. The van der Waals surface area contributed by atoms with E-state index in [-0.39, 0.29) is 11.9 Å². The minimum atomic E-state index is -0.197. The van der Waals surface area contributed by atoms with Crippen molar-refractivity contribution < 1.29 is 4.79 Å². The molecule has 2 heterocycles. The van der Waals surface area contributed by atoms with Gasteiger partial charge in [0, 0.05) is 12.6 Å². The Morgan fingerprint density at radius 2 is 2.18 bits per heavy atom. The number of likely N-dealkylation sites (tertiary alicyclic amines) is 1. The van der Waals surface area contributed by atoms with Crippen molar-refractivity contribution in [1.29, 1.82) is 5.26 Å². The molecule has 1 amide bonds. The second-order valence-corrected chi connectivity index (χ2v) is 4.78. The number of piperidine rings is 1. The van der Waals surface area contributed by atoms with Crippen molar-refractivity contribution in [1.82, 2.24) is 15.5 Å². The molecule has 17 heavy (non-hydrogen) atoms. The molecule has 5 nitrogen and oxygen atoms in total. The van der Waals surface area contributed by atoms with Crippen LogP contribution in [0.1, 0.15) is 25.7 Å². The molecule has 5 heteroatoms. The quantitative estimate of drug-likeness (QED) is 0.714. The van der Waals surface area contributed by atoms with E-state index in [1.165, 1.54) is 0 Å². The summed E-state index contributed by atoms with van der Waals surface area (Å²) in [5.41, 5.74) is 0. The first-order valence-electron chi connectivity index (χ1n) is 6.44. The molecular formula is C12H20N4O. The van der Waals surface area contributed by atoms with Gasteiger partial charge in [0.05, 0.1) is 12.6 Å². The summed E-state index contributed by atoms with van der Waals surface area (Å²) < 4.78 is 0. The normalized spacial score (nSPS) is 25.8. The fraction of sp³-hybridized carbons (Fsp3) is 0.833. The molecule has 2 aliphatic rings. The van der Waals surface area contributed by atoms with Crippen LogP contribution in [0.2, 0.25) is 0 Å². The van der Waals surface area contributed by atoms with Gasteiger partial charge in [-0.1, -0.05) is 0 Å². The number of amides is 1. The molecule has 0 radical (unpaired) electrons. The molecule has 94 valence electrons. The van der Waals surface area contributed by atoms with Crippen LogP contribution in [0.5, 0.6) is 0 Å². The zero-order valence-electron chi connectivity index (χ0n) is 10.1. The lowest BCUT2D eigenvalue weighted by molar-refractivity contribution is -0.130. The number of hydrogen-bond acceptors (Lipinski definition) is 4. The topological polar surface area (TPSA) is 68.2 Å². The molecule has 0 unspecified atom stereocenters. The number of carbonyl (C=O) groups is 1. The van der Waals surface area contributed by atoms with Crippen LogP contribution in [0.25, 0.3) is 0 Å². The lowest BCUT2D eigenvalue weighted by Gasteiger charge is -2.25. The number of hydrogen-bond donors (Lipinski definition) is 2. The second kappa shape index (κ2) is 5.99. The van der Waals surface area contributed by atoms with E-state index in [1.807, 2.05) is 0 Å². The van der Waals surface area contributed by atoms with Gasteiger partial charge in [-0.25, -0.2) is 0 Å². The minimum absolute atomic E-state index is 0.0765. The van der Waals surface area contributed by atoms with E-state index < -0.39 is 0 Å². The van der Waals surface area contributed by atoms with E-state index in [0.29, 0.717) is 12.6 Å². The van der Waals surface area contributed by atoms with Gasteiger partial charge in [-0.15, -0.1) is 0 Å². The third-order valence-corrected chi connectivity index (χ3v) is 3.60. The Morgan fingerprint density at radius 1 is 1.41 bits per heavy atom. The van der Waals surface area contributed by atoms with Crippen molar-refractivity contribution >= 4 is 5.91 Å². The molecule has 0 saturated carbocycles. The zero-order chi connectivity index (χ0) is 12.1. The van der Waals surface area contributed by atoms with E-state index in [0.717, 1.165) is 45.3 Å². The summed E-state index contributed by atoms with van der Waals surface area (Å²) in [6, 6.07) is 2.45. The first-order chi connectivity index (χ1) is 8.31. The molecule has 2 N–H and O–H groups in total. The maximum absolute atomic E-state index is 12.0. The maximum atomic E-state index is 12.0. The summed E-state index contributed by atoms with van der Waals surface area (Å²) in [7, 11) is 0. The van der Waals surface area contributed by atoms with E-state index >= 15 is 0 Å². The van der Waals surface area contributed by atoms with E-state index in [1.54, 1.807) is 4.90 Å². The Bertz CT molecular complexity index is 306. The molecule has 0 aromatic rings. The van der Waals surface area contributed by atoms with Crippen LogP contribution in [0.4, 0.5) is 0 Å². The summed E-state index contributed by atoms with van der Waals surface area (Å²) in [6.45, 7) is 3.17. The van der Waals surface area contributed by atoms with Crippen LogP contribution in [-0.4, -0.2) is 49.1 Å². The summed E-state index contributed by atoms with van der Waals surface area (Å²) in [4.78, 5) is 13.7. The third-order valence-electron chi connectivity index (χ3n) is 3.60. The molecule has 0 aliphatic carbocycles. The minimum Gasteiger partial charge on any atom is -0.326 e. The van der Waals surface area contributed by atoms with E-state index in [9.17, 15) is 4.79 Å². The van der Waals surface area contributed by atoms with Crippen LogP contribution in [0.3, 0.4) is 0 Å². The van der Waals surface area contributed by atoms with Crippen molar-refractivity contribution in [3.8, 4) is 6.07 Å². The van der Waals surface area contributed by atoms with Crippen molar-refractivity contribution in [3.63, 3.8) is 0 Å². The predicted molar refractivity (Wildman–Crippen MR) is 64.2 cm³/mol. The van der Waals surface area contributed by atoms with Gasteiger partial charge in [0.1, 0.15) is 6.04 Å². The van der Waals surface area contributed by atoms with Crippen molar-refractivity contribution in [2.45, 2.75) is 37.8 Å². The number of rotatable bonds is 3. The highest BCUT2D eigenvalue weighted by Crippen LogP contribution is 2.16. The molecule has 0 bridgehead atoms. The average Bonchev–Trinajstić information content (AvgIpc) is 2.85. The van der Waals surface area contributed by atoms with Crippen LogP contribution in [0.15, 0.2) is 0 Å². The van der Waals surface area contributed by atoms with Gasteiger partial charge < -0.3 is 15.5 Å². The predicted octanol–water partition coefficient (Wildman–Crippen LogP) is -0.157. The van der Waals surface area contributed by atoms with Crippen LogP contribution in [-0.2, 0) is 4.79 Å². The van der Waals surface area contributed by atoms with E-state index in [4.69, 9.17) is 5.26 Å². The molecule has 2 saturated heterocycles. The van der Waals surface area contributed by atoms with Gasteiger partial charge in [0.2, 0.25) is 5.91 Å². The third kappa shape index (κ3) is 3.18. The van der Waals surface area contributed by atoms with Gasteiger partial charge in [0.25, 0.3) is 0 Å². The Kier molecular flexibility index (Phi) is 4.35. The fourth-order valence-corrected chi connectivity index (χ4v) is 2.56. The standard InChI is InChI=1S/C12H20N4O/c13-8-11-2-1-7-16(11)12(17)9-15-10-3-5-14-6-4-10/h10-11,14-15H,1-7,9H2/t11-/m0/s1. The molecule has 2 fully saturated rings. The number of nitrogens with one attached hydrogen (secondary N) is 2. The van der Waals surface area contributed by atoms with Crippen molar-refractivity contribution in [2.24, 2.45) is 0 Å². The van der Waals surface area contributed by atoms with Gasteiger partial charge in [-0.05, 0) is 38.8 Å². The fourth-order valence-electron chi connectivity index (χ4n) is 2.56. The summed E-state index contributed by atoms with van der Waals surface area (Å²) >= 11 is 0. The van der Waals surface area contributed by atoms with Gasteiger partial charge in [-0.2, -0.15) is 5.26 Å². The van der Waals surface area contributed by atoms with Crippen LogP contribution < -0.4 is 10.6 Å². The lowest BCUT2D eigenvalue weighted by Crippen LogP contribution is -2.46. The first-order valence-corrected chi connectivity index (χ1v) is 6.44. The van der Waals surface area contributed by atoms with Crippen LogP contribution in [0, 0.1) is 11.3 Å². The number of nitriles is 1. The summed E-state index contributed by atoms with van der Waals surface area (Å²) in [6.07, 6.45) is 3.94. The highest BCUT2D eigenvalue weighted by atomic mass is 16.2. The Hall–Kier alpha value is -1.12. The number of carbonyl (C=O) groups excluding carboxylic acids is 1. The Balaban J connectivity index is 1.75. The largest absolute Gasteiger partial charge is 0.326 e. The Morgan fingerprint density at radius 3 is 2.88 bits per heavy atom. The SMILES string of the molecule is N#C[C@@H]1CCCN1C(=O)CNC1CCNCC1. The molecular weight excluding hydrogens is 216 g/mol. The smallest absolute Gasteiger partial charge is 0.237 e. The van der Waals surface area contributed by atoms with Crippen LogP contribution >= 0.6 is 0 Å². The molecule has 0 aromatic heterocycles. The second-order valence-electron chi connectivity index (χ2n) is 4.78. The first kappa shape index (κ1) is 12.3. The maximum Gasteiger partial charge on any atom is 0.237 e. The molecule has 2 rings (SSSR count). The van der Waals surface area contributed by atoms with Crippen molar-refractivity contribution in [2.75, 3.05) is 26.2 Å². The Labute approximate surface area is 102 Å². The lowest BCUT2D eigenvalue weighted by atomic mass is 10.1. The number of nitrogens with zero attached hydrogens (tertiary/aromatic N) is 2. The monoisotopic (exact) mass is 236 g/mol. The zero-order valence-corrected chi connectivity index (χ0v) is 10.1. The van der Waals surface area contributed by atoms with Gasteiger partial charge >= 0.3 is 0 Å². The molecule has 0 aromatic carbocycles. The average molecular weight is 236 g/mol. The summed E-state index contributed by atoms with van der Waals surface area (Å²) in [5.74, 6) is 0.0765. The van der Waals surface area contributed by atoms with Crippen molar-refractivity contribution in [3.05, 3.63) is 0 Å². The van der Waals surface area contributed by atoms with Gasteiger partial charge in [-0.3, -0.25) is 4.79 Å². The summed E-state index contributed by atoms with van der Waals surface area (Å²) in [5, 5.41) is 15.5. The molecule has 0 spiro atoms. The van der Waals surface area contributed by atoms with Gasteiger partial charge in [0.15, 0.2) is 0 Å². The molecule has 1 atom stereocenters. The highest BCUT2D eigenvalue weighted by Gasteiger charge is 2.28.